The quantitative estimate of drug-likeness (QED) is 0.769. The first-order valence-corrected chi connectivity index (χ1v) is 5.76. The molecule has 1 aromatic carbocycles. The van der Waals surface area contributed by atoms with Crippen LogP contribution in [0.25, 0.3) is 0 Å². The standard InChI is InChI=1S/C10H8Br2O4/c1-15-9(13)5-3-4-6(11)8(12)7(5)10(14)16-2/h3-4H,1-2H3. The van der Waals surface area contributed by atoms with Crippen LogP contribution in [0.2, 0.25) is 0 Å². The average Bonchev–Trinajstić information content (AvgIpc) is 2.30. The van der Waals surface area contributed by atoms with Gasteiger partial charge in [-0.2, -0.15) is 0 Å². The van der Waals surface area contributed by atoms with Crippen LogP contribution in [-0.2, 0) is 9.47 Å². The number of halogens is 2. The normalized spacial score (nSPS) is 9.75. The third kappa shape index (κ3) is 2.44. The monoisotopic (exact) mass is 350 g/mol. The lowest BCUT2D eigenvalue weighted by molar-refractivity contribution is 0.0554. The summed E-state index contributed by atoms with van der Waals surface area (Å²) in [6.45, 7) is 0. The van der Waals surface area contributed by atoms with Crippen molar-refractivity contribution < 1.29 is 19.1 Å². The maximum Gasteiger partial charge on any atom is 0.339 e. The van der Waals surface area contributed by atoms with Crippen molar-refractivity contribution in [3.63, 3.8) is 0 Å². The summed E-state index contributed by atoms with van der Waals surface area (Å²) in [5, 5.41) is 0. The van der Waals surface area contributed by atoms with Crippen LogP contribution in [0.1, 0.15) is 20.7 Å². The fraction of sp³-hybridized carbons (Fsp3) is 0.200. The van der Waals surface area contributed by atoms with Gasteiger partial charge in [-0.3, -0.25) is 0 Å². The van der Waals surface area contributed by atoms with Gasteiger partial charge in [-0.05, 0) is 44.0 Å². The smallest absolute Gasteiger partial charge is 0.339 e. The van der Waals surface area contributed by atoms with Crippen LogP contribution in [0.15, 0.2) is 21.1 Å². The zero-order valence-corrected chi connectivity index (χ0v) is 11.7. The Morgan fingerprint density at radius 3 is 2.12 bits per heavy atom. The lowest BCUT2D eigenvalue weighted by Gasteiger charge is -2.09. The lowest BCUT2D eigenvalue weighted by Crippen LogP contribution is -2.12. The molecule has 0 spiro atoms. The molecule has 0 atom stereocenters. The van der Waals surface area contributed by atoms with Gasteiger partial charge in [-0.1, -0.05) is 0 Å². The number of hydrogen-bond donors (Lipinski definition) is 0. The molecule has 1 aromatic rings. The van der Waals surface area contributed by atoms with E-state index in [4.69, 9.17) is 0 Å². The van der Waals surface area contributed by atoms with Crippen molar-refractivity contribution in [2.24, 2.45) is 0 Å². The number of carbonyl (C=O) groups is 2. The molecule has 0 unspecified atom stereocenters. The van der Waals surface area contributed by atoms with Gasteiger partial charge in [0, 0.05) is 8.95 Å². The van der Waals surface area contributed by atoms with Gasteiger partial charge < -0.3 is 9.47 Å². The minimum atomic E-state index is -0.603. The van der Waals surface area contributed by atoms with E-state index in [2.05, 4.69) is 41.3 Å². The van der Waals surface area contributed by atoms with E-state index >= 15 is 0 Å². The molecule has 0 amide bonds. The van der Waals surface area contributed by atoms with Crippen molar-refractivity contribution in [2.45, 2.75) is 0 Å². The zero-order chi connectivity index (χ0) is 12.3. The van der Waals surface area contributed by atoms with Crippen molar-refractivity contribution >= 4 is 43.8 Å². The molecule has 0 fully saturated rings. The van der Waals surface area contributed by atoms with Crippen LogP contribution < -0.4 is 0 Å². The molecule has 0 saturated carbocycles. The Labute approximate surface area is 109 Å². The van der Waals surface area contributed by atoms with Crippen molar-refractivity contribution in [2.75, 3.05) is 14.2 Å². The highest BCUT2D eigenvalue weighted by molar-refractivity contribution is 9.13. The van der Waals surface area contributed by atoms with Gasteiger partial charge in [0.25, 0.3) is 0 Å². The largest absolute Gasteiger partial charge is 0.465 e. The highest BCUT2D eigenvalue weighted by Gasteiger charge is 2.22. The van der Waals surface area contributed by atoms with Gasteiger partial charge in [0.05, 0.1) is 25.3 Å². The van der Waals surface area contributed by atoms with Crippen LogP contribution in [0, 0.1) is 0 Å². The predicted octanol–water partition coefficient (Wildman–Crippen LogP) is 2.78. The van der Waals surface area contributed by atoms with E-state index in [-0.39, 0.29) is 11.1 Å². The Hall–Kier alpha value is -0.880. The minimum Gasteiger partial charge on any atom is -0.465 e. The Morgan fingerprint density at radius 2 is 1.62 bits per heavy atom. The van der Waals surface area contributed by atoms with Crippen molar-refractivity contribution in [3.05, 3.63) is 32.2 Å². The summed E-state index contributed by atoms with van der Waals surface area (Å²) < 4.78 is 10.3. The molecule has 0 aliphatic rings. The number of hydrogen-bond acceptors (Lipinski definition) is 4. The first-order valence-electron chi connectivity index (χ1n) is 4.17. The van der Waals surface area contributed by atoms with E-state index in [0.29, 0.717) is 8.95 Å². The fourth-order valence-corrected chi connectivity index (χ4v) is 1.97. The van der Waals surface area contributed by atoms with Crippen LogP contribution in [-0.4, -0.2) is 26.2 Å². The molecule has 0 heterocycles. The van der Waals surface area contributed by atoms with Gasteiger partial charge in [0.1, 0.15) is 0 Å². The number of carbonyl (C=O) groups excluding carboxylic acids is 2. The third-order valence-electron chi connectivity index (χ3n) is 1.89. The molecule has 6 heteroatoms. The van der Waals surface area contributed by atoms with E-state index in [9.17, 15) is 9.59 Å². The predicted molar refractivity (Wildman–Crippen MR) is 64.5 cm³/mol. The molecule has 0 aromatic heterocycles. The molecule has 0 aliphatic heterocycles. The summed E-state index contributed by atoms with van der Waals surface area (Å²) in [4.78, 5) is 23.0. The maximum absolute atomic E-state index is 11.5. The van der Waals surface area contributed by atoms with E-state index in [0.717, 1.165) is 0 Å². The molecule has 86 valence electrons. The van der Waals surface area contributed by atoms with Crippen molar-refractivity contribution in [3.8, 4) is 0 Å². The van der Waals surface area contributed by atoms with Gasteiger partial charge in [0.15, 0.2) is 0 Å². The third-order valence-corrected chi connectivity index (χ3v) is 3.91. The van der Waals surface area contributed by atoms with Gasteiger partial charge in [-0.25, -0.2) is 9.59 Å². The summed E-state index contributed by atoms with van der Waals surface area (Å²) >= 11 is 6.46. The Balaban J connectivity index is 3.44. The van der Waals surface area contributed by atoms with E-state index < -0.39 is 11.9 Å². The number of esters is 2. The summed E-state index contributed by atoms with van der Waals surface area (Å²) in [5.74, 6) is -1.19. The highest BCUT2D eigenvalue weighted by atomic mass is 79.9. The van der Waals surface area contributed by atoms with Crippen LogP contribution in [0.4, 0.5) is 0 Å². The number of benzene rings is 1. The molecule has 0 bridgehead atoms. The van der Waals surface area contributed by atoms with Crippen molar-refractivity contribution in [1.82, 2.24) is 0 Å². The second-order valence-corrected chi connectivity index (χ2v) is 4.41. The number of methoxy groups -OCH3 is 2. The minimum absolute atomic E-state index is 0.142. The van der Waals surface area contributed by atoms with Gasteiger partial charge in [0.2, 0.25) is 0 Å². The van der Waals surface area contributed by atoms with Crippen LogP contribution in [0.5, 0.6) is 0 Å². The van der Waals surface area contributed by atoms with Crippen molar-refractivity contribution in [1.29, 1.82) is 0 Å². The highest BCUT2D eigenvalue weighted by Crippen LogP contribution is 2.30. The van der Waals surface area contributed by atoms with Gasteiger partial charge >= 0.3 is 11.9 Å². The molecule has 4 nitrogen and oxygen atoms in total. The summed E-state index contributed by atoms with van der Waals surface area (Å²) in [5.41, 5.74) is 0.299. The molecular weight excluding hydrogens is 344 g/mol. The number of rotatable bonds is 2. The first-order chi connectivity index (χ1) is 7.52. The topological polar surface area (TPSA) is 52.6 Å². The Morgan fingerprint density at radius 1 is 1.06 bits per heavy atom. The van der Waals surface area contributed by atoms with Crippen LogP contribution >= 0.6 is 31.9 Å². The second-order valence-electron chi connectivity index (χ2n) is 2.77. The lowest BCUT2D eigenvalue weighted by atomic mass is 10.1. The molecule has 0 saturated heterocycles. The molecule has 0 aliphatic carbocycles. The molecular formula is C10H8Br2O4. The van der Waals surface area contributed by atoms with E-state index in [1.165, 1.54) is 20.3 Å². The SMILES string of the molecule is COC(=O)c1ccc(Br)c(Br)c1C(=O)OC. The molecule has 0 radical (unpaired) electrons. The van der Waals surface area contributed by atoms with Crippen LogP contribution in [0.3, 0.4) is 0 Å². The molecule has 1 rings (SSSR count). The summed E-state index contributed by atoms with van der Waals surface area (Å²) in [7, 11) is 2.50. The Bertz CT molecular complexity index is 443. The van der Waals surface area contributed by atoms with E-state index in [1.54, 1.807) is 6.07 Å². The van der Waals surface area contributed by atoms with E-state index in [1.807, 2.05) is 0 Å². The second kappa shape index (κ2) is 5.45. The van der Waals surface area contributed by atoms with Gasteiger partial charge in [-0.15, -0.1) is 0 Å². The fourth-order valence-electron chi connectivity index (χ4n) is 1.13. The summed E-state index contributed by atoms with van der Waals surface area (Å²) in [6, 6.07) is 3.13. The molecule has 16 heavy (non-hydrogen) atoms. The number of ether oxygens (including phenoxy) is 2. The maximum atomic E-state index is 11.5. The Kier molecular flexibility index (Phi) is 4.49. The summed E-state index contributed by atoms with van der Waals surface area (Å²) in [6.07, 6.45) is 0. The average molecular weight is 352 g/mol. The zero-order valence-electron chi connectivity index (χ0n) is 8.54. The molecule has 0 N–H and O–H groups in total. The first kappa shape index (κ1) is 13.2.